The zero-order chi connectivity index (χ0) is 20.1. The molecule has 2 aliphatic carbocycles. The van der Waals surface area contributed by atoms with E-state index in [9.17, 15) is 18.0 Å². The molecular weight excluding hydrogens is 388 g/mol. The van der Waals surface area contributed by atoms with Gasteiger partial charge in [0.15, 0.2) is 0 Å². The van der Waals surface area contributed by atoms with Crippen LogP contribution in [0, 0.1) is 22.7 Å². The summed E-state index contributed by atoms with van der Waals surface area (Å²) in [5.41, 5.74) is -1.17. The van der Waals surface area contributed by atoms with Crippen molar-refractivity contribution in [3.8, 4) is 0 Å². The number of hydrogen-bond donors (Lipinski definition) is 0. The topological polar surface area (TPSA) is 86.7 Å². The predicted molar refractivity (Wildman–Crippen MR) is 106 cm³/mol. The third-order valence-corrected chi connectivity index (χ3v) is 12.5. The summed E-state index contributed by atoms with van der Waals surface area (Å²) in [5.74, 6) is 0.993. The minimum absolute atomic E-state index is 0.0264. The molecule has 0 amide bonds. The van der Waals surface area contributed by atoms with Crippen molar-refractivity contribution in [2.24, 2.45) is 22.7 Å². The van der Waals surface area contributed by atoms with Crippen molar-refractivity contribution in [1.29, 1.82) is 0 Å². The molecule has 3 fully saturated rings. The molecule has 1 heterocycles. The molecule has 0 aromatic carbocycles. The third kappa shape index (κ3) is 3.74. The second-order valence-corrected chi connectivity index (χ2v) is 14.2. The average molecular weight is 421 g/mol. The lowest BCUT2D eigenvalue weighted by Gasteiger charge is -2.42. The Morgan fingerprint density at radius 1 is 1.30 bits per heavy atom. The maximum atomic E-state index is 13.1. The second-order valence-electron chi connectivity index (χ2n) is 9.19. The van der Waals surface area contributed by atoms with Gasteiger partial charge in [-0.1, -0.05) is 27.7 Å². The van der Waals surface area contributed by atoms with Gasteiger partial charge in [-0.2, -0.15) is 8.42 Å². The molecule has 2 atom stereocenters. The molecule has 0 N–H and O–H groups in total. The van der Waals surface area contributed by atoms with Gasteiger partial charge in [0.25, 0.3) is 10.1 Å². The fourth-order valence-electron chi connectivity index (χ4n) is 4.94. The maximum absolute atomic E-state index is 13.1. The highest BCUT2D eigenvalue weighted by Gasteiger charge is 2.65. The lowest BCUT2D eigenvalue weighted by Crippen LogP contribution is -2.43. The number of ketones is 2. The van der Waals surface area contributed by atoms with E-state index in [0.29, 0.717) is 37.6 Å². The number of ether oxygens (including phenoxy) is 1. The number of fused-ring (bicyclic) bond motifs is 2. The van der Waals surface area contributed by atoms with E-state index >= 15 is 0 Å². The van der Waals surface area contributed by atoms with Crippen molar-refractivity contribution in [2.45, 2.75) is 47.0 Å². The Labute approximate surface area is 164 Å². The number of Topliss-reactive ketones (excluding diaryl/α,β-unsaturated/α-hetero) is 2. The SMILES string of the molecule is CC(C)C(=O)CS1(OS(=O)(=O)CC23CCC(CC2=O)C3(C)C)CCOCC1. The van der Waals surface area contributed by atoms with Gasteiger partial charge in [0.05, 0.1) is 30.1 Å². The molecule has 0 radical (unpaired) electrons. The summed E-state index contributed by atoms with van der Waals surface area (Å²) in [6, 6.07) is 0. The van der Waals surface area contributed by atoms with Crippen LogP contribution in [0.1, 0.15) is 47.0 Å². The van der Waals surface area contributed by atoms with E-state index in [-0.39, 0.29) is 40.3 Å². The lowest BCUT2D eigenvalue weighted by atomic mass is 9.70. The smallest absolute Gasteiger partial charge is 0.277 e. The first-order valence-corrected chi connectivity index (χ1v) is 13.4. The van der Waals surface area contributed by atoms with Crippen molar-refractivity contribution in [3.05, 3.63) is 0 Å². The summed E-state index contributed by atoms with van der Waals surface area (Å²) in [7, 11) is -6.02. The van der Waals surface area contributed by atoms with Crippen LogP contribution in [0.4, 0.5) is 0 Å². The molecule has 0 aromatic rings. The van der Waals surface area contributed by atoms with Crippen LogP contribution >= 0.6 is 10.3 Å². The van der Waals surface area contributed by atoms with E-state index in [1.807, 2.05) is 27.7 Å². The molecule has 8 heteroatoms. The van der Waals surface area contributed by atoms with Crippen LogP contribution in [0.3, 0.4) is 0 Å². The Morgan fingerprint density at radius 2 is 1.93 bits per heavy atom. The maximum Gasteiger partial charge on any atom is 0.277 e. The van der Waals surface area contributed by atoms with Crippen LogP contribution in [0.15, 0.2) is 0 Å². The predicted octanol–water partition coefficient (Wildman–Crippen LogP) is 2.70. The molecule has 156 valence electrons. The monoisotopic (exact) mass is 420 g/mol. The number of hydrogen-bond acceptors (Lipinski definition) is 6. The Kier molecular flexibility index (Phi) is 5.60. The molecule has 0 spiro atoms. The van der Waals surface area contributed by atoms with E-state index in [2.05, 4.69) is 0 Å². The fourth-order valence-corrected chi connectivity index (χ4v) is 11.1. The summed E-state index contributed by atoms with van der Waals surface area (Å²) >= 11 is 0. The fraction of sp³-hybridized carbons (Fsp3) is 0.895. The van der Waals surface area contributed by atoms with E-state index < -0.39 is 25.8 Å². The molecule has 3 aliphatic rings. The number of carbonyl (C=O) groups excluding carboxylic acids is 2. The van der Waals surface area contributed by atoms with Crippen LogP contribution < -0.4 is 0 Å². The van der Waals surface area contributed by atoms with E-state index in [4.69, 9.17) is 8.37 Å². The minimum Gasteiger partial charge on any atom is -0.380 e. The highest BCUT2D eigenvalue weighted by molar-refractivity contribution is 8.33. The molecule has 2 bridgehead atoms. The summed E-state index contributed by atoms with van der Waals surface area (Å²) in [6.07, 6.45) is 1.98. The van der Waals surface area contributed by atoms with Crippen molar-refractivity contribution >= 4 is 32.0 Å². The summed E-state index contributed by atoms with van der Waals surface area (Å²) < 4.78 is 37.5. The molecule has 6 nitrogen and oxygen atoms in total. The molecule has 1 aliphatic heterocycles. The second kappa shape index (κ2) is 7.11. The normalized spacial score (nSPS) is 33.4. The Hall–Kier alpha value is -0.440. The molecular formula is C19H32O6S2. The van der Waals surface area contributed by atoms with Crippen LogP contribution in [0.2, 0.25) is 0 Å². The quantitative estimate of drug-likeness (QED) is 0.629. The van der Waals surface area contributed by atoms with Gasteiger partial charge in [-0.25, -0.2) is 3.63 Å². The van der Waals surface area contributed by atoms with Crippen LogP contribution in [0.5, 0.6) is 0 Å². The Balaban J connectivity index is 1.83. The lowest BCUT2D eigenvalue weighted by molar-refractivity contribution is -0.128. The van der Waals surface area contributed by atoms with Gasteiger partial charge in [0, 0.05) is 23.8 Å². The highest BCUT2D eigenvalue weighted by atomic mass is 32.3. The summed E-state index contributed by atoms with van der Waals surface area (Å²) in [5, 5.41) is 0. The van der Waals surface area contributed by atoms with Crippen molar-refractivity contribution in [3.63, 3.8) is 0 Å². The standard InChI is InChI=1S/C19H32O6S2/c1-14(2)16(20)12-26(9-7-24-8-10-26)25-27(22,23)13-19-6-5-15(11-17(19)21)18(19,3)4/h14-15H,5-13H2,1-4H3. The molecule has 0 aromatic heterocycles. The van der Waals surface area contributed by atoms with Gasteiger partial charge in [-0.15, -0.1) is 10.3 Å². The van der Waals surface area contributed by atoms with Gasteiger partial charge < -0.3 is 4.74 Å². The van der Waals surface area contributed by atoms with Crippen LogP contribution in [0.25, 0.3) is 0 Å². The largest absolute Gasteiger partial charge is 0.380 e. The van der Waals surface area contributed by atoms with Crippen molar-refractivity contribution in [1.82, 2.24) is 0 Å². The van der Waals surface area contributed by atoms with E-state index in [1.165, 1.54) is 0 Å². The third-order valence-electron chi connectivity index (χ3n) is 7.06. The molecule has 1 saturated heterocycles. The van der Waals surface area contributed by atoms with Gasteiger partial charge >= 0.3 is 0 Å². The van der Waals surface area contributed by atoms with Gasteiger partial charge in [0.2, 0.25) is 0 Å². The summed E-state index contributed by atoms with van der Waals surface area (Å²) in [4.78, 5) is 25.1. The molecule has 3 rings (SSSR count). The van der Waals surface area contributed by atoms with Crippen molar-refractivity contribution < 1.29 is 26.4 Å². The molecule has 2 unspecified atom stereocenters. The number of rotatable bonds is 7. The minimum atomic E-state index is -3.93. The van der Waals surface area contributed by atoms with Crippen molar-refractivity contribution in [2.75, 3.05) is 36.2 Å². The summed E-state index contributed by atoms with van der Waals surface area (Å²) in [6.45, 7) is 8.50. The average Bonchev–Trinajstić information content (AvgIpc) is 2.88. The molecule has 27 heavy (non-hydrogen) atoms. The van der Waals surface area contributed by atoms with Crippen LogP contribution in [-0.2, 0) is 28.1 Å². The number of carbonyl (C=O) groups is 2. The first kappa shape index (κ1) is 21.3. The van der Waals surface area contributed by atoms with Gasteiger partial charge in [0.1, 0.15) is 11.6 Å². The Morgan fingerprint density at radius 3 is 2.41 bits per heavy atom. The van der Waals surface area contributed by atoms with Gasteiger partial charge in [-0.3, -0.25) is 9.59 Å². The van der Waals surface area contributed by atoms with E-state index in [0.717, 1.165) is 6.42 Å². The van der Waals surface area contributed by atoms with Crippen LogP contribution in [-0.4, -0.2) is 56.2 Å². The highest BCUT2D eigenvalue weighted by Crippen LogP contribution is 2.65. The zero-order valence-corrected chi connectivity index (χ0v) is 18.4. The Bertz CT molecular complexity index is 720. The van der Waals surface area contributed by atoms with E-state index in [1.54, 1.807) is 0 Å². The molecule has 2 saturated carbocycles. The van der Waals surface area contributed by atoms with Gasteiger partial charge in [-0.05, 0) is 24.2 Å². The zero-order valence-electron chi connectivity index (χ0n) is 16.8. The first-order valence-electron chi connectivity index (χ1n) is 9.77. The first-order chi connectivity index (χ1) is 12.4.